The molecule has 1 aliphatic carbocycles. The molecule has 0 saturated heterocycles. The highest BCUT2D eigenvalue weighted by Gasteiger charge is 2.02. The summed E-state index contributed by atoms with van der Waals surface area (Å²) in [5, 5.41) is 0. The molecule has 0 atom stereocenters. The second kappa shape index (κ2) is 8.33. The highest BCUT2D eigenvalue weighted by atomic mass is 15.1. The van der Waals surface area contributed by atoms with Gasteiger partial charge in [0.05, 0.1) is 0 Å². The van der Waals surface area contributed by atoms with Gasteiger partial charge in [-0.15, -0.1) is 0 Å². The summed E-state index contributed by atoms with van der Waals surface area (Å²) >= 11 is 0. The maximum absolute atomic E-state index is 2.24. The van der Waals surface area contributed by atoms with Crippen molar-refractivity contribution in [2.45, 2.75) is 12.8 Å². The van der Waals surface area contributed by atoms with Gasteiger partial charge in [0.1, 0.15) is 14.1 Å². The molecule has 2 heteroatoms. The zero-order valence-electron chi connectivity index (χ0n) is 14.7. The van der Waals surface area contributed by atoms with Gasteiger partial charge in [-0.2, -0.15) is 0 Å². The number of nitrogens with zero attached hydrogens (tertiary/aromatic N) is 2. The Labute approximate surface area is 140 Å². The fourth-order valence-corrected chi connectivity index (χ4v) is 2.37. The molecule has 0 amide bonds. The molecule has 0 bridgehead atoms. The van der Waals surface area contributed by atoms with E-state index in [0.29, 0.717) is 0 Å². The lowest BCUT2D eigenvalue weighted by atomic mass is 10.1. The van der Waals surface area contributed by atoms with Gasteiger partial charge in [0.15, 0.2) is 5.71 Å². The summed E-state index contributed by atoms with van der Waals surface area (Å²) in [5.74, 6) is 0. The van der Waals surface area contributed by atoms with Crippen LogP contribution in [0.1, 0.15) is 12.0 Å². The SMILES string of the molecule is CN(C)c1ccc(CC/C=C/C=C2C=CC(=[N+](C)C)C=C2)cc1. The maximum Gasteiger partial charge on any atom is 0.199 e. The Morgan fingerprint density at radius 3 is 2.17 bits per heavy atom. The predicted octanol–water partition coefficient (Wildman–Crippen LogP) is 4.01. The van der Waals surface area contributed by atoms with Crippen LogP contribution in [0.5, 0.6) is 0 Å². The second-order valence-corrected chi connectivity index (χ2v) is 6.18. The molecule has 1 aromatic carbocycles. The minimum absolute atomic E-state index is 1.06. The van der Waals surface area contributed by atoms with E-state index in [-0.39, 0.29) is 0 Å². The number of hydrogen-bond acceptors (Lipinski definition) is 1. The highest BCUT2D eigenvalue weighted by Crippen LogP contribution is 2.13. The predicted molar refractivity (Wildman–Crippen MR) is 102 cm³/mol. The fourth-order valence-electron chi connectivity index (χ4n) is 2.37. The van der Waals surface area contributed by atoms with Crippen LogP contribution in [0.2, 0.25) is 0 Å². The third-order valence-corrected chi connectivity index (χ3v) is 3.89. The molecule has 2 rings (SSSR count). The van der Waals surface area contributed by atoms with E-state index in [0.717, 1.165) is 12.8 Å². The van der Waals surface area contributed by atoms with Gasteiger partial charge in [0.25, 0.3) is 0 Å². The quantitative estimate of drug-likeness (QED) is 0.745. The second-order valence-electron chi connectivity index (χ2n) is 6.18. The maximum atomic E-state index is 2.24. The third-order valence-electron chi connectivity index (χ3n) is 3.89. The largest absolute Gasteiger partial charge is 0.378 e. The first-order valence-electron chi connectivity index (χ1n) is 8.10. The Morgan fingerprint density at radius 2 is 1.61 bits per heavy atom. The number of allylic oxidation sites excluding steroid dienone is 8. The van der Waals surface area contributed by atoms with Crippen molar-refractivity contribution < 1.29 is 4.58 Å². The van der Waals surface area contributed by atoms with Crippen LogP contribution >= 0.6 is 0 Å². The molecule has 0 heterocycles. The minimum atomic E-state index is 1.06. The average Bonchev–Trinajstić information content (AvgIpc) is 2.55. The van der Waals surface area contributed by atoms with Crippen molar-refractivity contribution in [1.82, 2.24) is 0 Å². The summed E-state index contributed by atoms with van der Waals surface area (Å²) in [6.45, 7) is 0. The molecular formula is C21H27N2+. The molecule has 1 aliphatic rings. The first-order chi connectivity index (χ1) is 11.1. The number of aryl methyl sites for hydroxylation is 1. The average molecular weight is 307 g/mol. The molecule has 0 unspecified atom stereocenters. The zero-order chi connectivity index (χ0) is 16.7. The van der Waals surface area contributed by atoms with E-state index in [1.54, 1.807) is 0 Å². The van der Waals surface area contributed by atoms with Crippen LogP contribution in [0.25, 0.3) is 0 Å². The van der Waals surface area contributed by atoms with Crippen LogP contribution in [-0.2, 0) is 6.42 Å². The van der Waals surface area contributed by atoms with Gasteiger partial charge in [-0.25, -0.2) is 4.58 Å². The molecule has 2 nitrogen and oxygen atoms in total. The lowest BCUT2D eigenvalue weighted by Crippen LogP contribution is -2.09. The first kappa shape index (κ1) is 17.0. The van der Waals surface area contributed by atoms with Crippen molar-refractivity contribution in [2.24, 2.45) is 0 Å². The summed E-state index contributed by atoms with van der Waals surface area (Å²) < 4.78 is 2.11. The first-order valence-corrected chi connectivity index (χ1v) is 8.10. The standard InChI is InChI=1S/C21H27N2/c1-22(2)20-14-10-18(11-15-20)8-6-5-7-9-19-12-16-21(17-13-19)23(3)4/h5-6,8,10-17H,7,9H2,1-4H3/q+1/b6-5+. The molecule has 0 aliphatic heterocycles. The van der Waals surface area contributed by atoms with Gasteiger partial charge in [-0.3, -0.25) is 0 Å². The Morgan fingerprint density at radius 1 is 0.957 bits per heavy atom. The number of anilines is 1. The van der Waals surface area contributed by atoms with Crippen molar-refractivity contribution in [3.05, 3.63) is 77.9 Å². The number of benzene rings is 1. The van der Waals surface area contributed by atoms with Crippen molar-refractivity contribution in [3.8, 4) is 0 Å². The summed E-state index contributed by atoms with van der Waals surface area (Å²) in [4.78, 5) is 2.13. The molecule has 0 spiro atoms. The van der Waals surface area contributed by atoms with Gasteiger partial charge in [0.2, 0.25) is 0 Å². The third kappa shape index (κ3) is 5.41. The van der Waals surface area contributed by atoms with Crippen LogP contribution in [0.4, 0.5) is 5.69 Å². The van der Waals surface area contributed by atoms with E-state index in [1.165, 1.54) is 22.5 Å². The van der Waals surface area contributed by atoms with Gasteiger partial charge in [-0.05, 0) is 48.3 Å². The van der Waals surface area contributed by atoms with Gasteiger partial charge in [-0.1, -0.05) is 30.4 Å². The van der Waals surface area contributed by atoms with Crippen LogP contribution in [0, 0.1) is 0 Å². The van der Waals surface area contributed by atoms with E-state index >= 15 is 0 Å². The van der Waals surface area contributed by atoms with E-state index in [4.69, 9.17) is 0 Å². The topological polar surface area (TPSA) is 6.25 Å². The molecule has 0 fully saturated rings. The van der Waals surface area contributed by atoms with E-state index in [1.807, 2.05) is 0 Å². The van der Waals surface area contributed by atoms with Crippen LogP contribution in [0.15, 0.2) is 72.4 Å². The zero-order valence-corrected chi connectivity index (χ0v) is 14.7. The van der Waals surface area contributed by atoms with E-state index < -0.39 is 0 Å². The molecule has 0 N–H and O–H groups in total. The Bertz CT molecular complexity index is 646. The monoisotopic (exact) mass is 307 g/mol. The number of hydrogen-bond donors (Lipinski definition) is 0. The van der Waals surface area contributed by atoms with Gasteiger partial charge >= 0.3 is 0 Å². The highest BCUT2D eigenvalue weighted by molar-refractivity contribution is 6.02. The molecule has 120 valence electrons. The normalized spacial score (nSPS) is 13.7. The summed E-state index contributed by atoms with van der Waals surface area (Å²) in [7, 11) is 8.25. The number of rotatable bonds is 5. The van der Waals surface area contributed by atoms with Gasteiger partial charge < -0.3 is 4.90 Å². The van der Waals surface area contributed by atoms with E-state index in [2.05, 4.69) is 104 Å². The van der Waals surface area contributed by atoms with Crippen molar-refractivity contribution in [2.75, 3.05) is 33.1 Å². The van der Waals surface area contributed by atoms with E-state index in [9.17, 15) is 0 Å². The van der Waals surface area contributed by atoms with Crippen molar-refractivity contribution >= 4 is 11.4 Å². The van der Waals surface area contributed by atoms with Crippen LogP contribution < -0.4 is 4.90 Å². The minimum Gasteiger partial charge on any atom is -0.378 e. The molecule has 0 aromatic heterocycles. The van der Waals surface area contributed by atoms with Crippen LogP contribution in [-0.4, -0.2) is 38.5 Å². The van der Waals surface area contributed by atoms with Crippen molar-refractivity contribution in [1.29, 1.82) is 0 Å². The lowest BCUT2D eigenvalue weighted by molar-refractivity contribution is -0.462. The van der Waals surface area contributed by atoms with Crippen molar-refractivity contribution in [3.63, 3.8) is 0 Å². The molecular weight excluding hydrogens is 280 g/mol. The Hall–Kier alpha value is -2.35. The Balaban J connectivity index is 1.82. The fraction of sp³-hybridized carbons (Fsp3) is 0.286. The molecule has 23 heavy (non-hydrogen) atoms. The van der Waals surface area contributed by atoms with Gasteiger partial charge in [0, 0.05) is 31.9 Å². The summed E-state index contributed by atoms with van der Waals surface area (Å²) in [6.07, 6.45) is 17.3. The molecule has 0 saturated carbocycles. The summed E-state index contributed by atoms with van der Waals surface area (Å²) in [6, 6.07) is 8.79. The van der Waals surface area contributed by atoms with Crippen LogP contribution in [0.3, 0.4) is 0 Å². The molecule has 1 aromatic rings. The lowest BCUT2D eigenvalue weighted by Gasteiger charge is -2.12. The smallest absolute Gasteiger partial charge is 0.199 e. The summed E-state index contributed by atoms with van der Waals surface area (Å²) in [5.41, 5.74) is 5.10. The Kier molecular flexibility index (Phi) is 6.16. The molecule has 0 radical (unpaired) electrons.